The van der Waals surface area contributed by atoms with E-state index >= 15 is 0 Å². The average molecular weight is 472 g/mol. The molecule has 0 radical (unpaired) electrons. The summed E-state index contributed by atoms with van der Waals surface area (Å²) < 4.78 is 35.0. The number of hydrogen-bond acceptors (Lipinski definition) is 5. The number of anilines is 1. The van der Waals surface area contributed by atoms with Crippen molar-refractivity contribution < 1.29 is 17.9 Å². The molecule has 8 heteroatoms. The molecule has 0 atom stereocenters. The van der Waals surface area contributed by atoms with Crippen molar-refractivity contribution in [1.29, 1.82) is 0 Å². The third-order valence-electron chi connectivity index (χ3n) is 4.66. The van der Waals surface area contributed by atoms with Gasteiger partial charge in [-0.2, -0.15) is 0 Å². The number of aryl methyl sites for hydroxylation is 1. The molecule has 0 unspecified atom stereocenters. The molecule has 5 nitrogen and oxygen atoms in total. The lowest BCUT2D eigenvalue weighted by Crippen LogP contribution is -2.13. The Hall–Kier alpha value is -2.87. The van der Waals surface area contributed by atoms with Crippen molar-refractivity contribution in [3.8, 4) is 0 Å². The Morgan fingerprint density at radius 1 is 1.03 bits per heavy atom. The van der Waals surface area contributed by atoms with Gasteiger partial charge in [-0.3, -0.25) is 4.72 Å². The molecule has 1 heterocycles. The Labute approximate surface area is 189 Å². The predicted molar refractivity (Wildman–Crippen MR) is 124 cm³/mol. The SMILES string of the molecule is Cc1c(S(=O)(=O)Nc2cccc(C(=O)OCc3ccccc3)c2)sc2ccc(Cl)cc12. The first-order valence-corrected chi connectivity index (χ1v) is 12.0. The summed E-state index contributed by atoms with van der Waals surface area (Å²) in [6.45, 7) is 1.89. The van der Waals surface area contributed by atoms with Crippen LogP contribution in [-0.2, 0) is 21.4 Å². The highest BCUT2D eigenvalue weighted by Gasteiger charge is 2.22. The van der Waals surface area contributed by atoms with Gasteiger partial charge in [0.05, 0.1) is 5.56 Å². The summed E-state index contributed by atoms with van der Waals surface area (Å²) in [6.07, 6.45) is 0. The molecule has 0 spiro atoms. The lowest BCUT2D eigenvalue weighted by Gasteiger charge is -2.09. The van der Waals surface area contributed by atoms with E-state index in [1.54, 1.807) is 43.3 Å². The molecule has 0 aliphatic carbocycles. The van der Waals surface area contributed by atoms with E-state index in [0.29, 0.717) is 10.6 Å². The van der Waals surface area contributed by atoms with Crippen molar-refractivity contribution in [2.24, 2.45) is 0 Å². The van der Waals surface area contributed by atoms with Crippen LogP contribution in [0.2, 0.25) is 5.02 Å². The standard InChI is InChI=1S/C23H18ClNO4S2/c1-15-20-13-18(24)10-11-21(20)30-23(15)31(27,28)25-19-9-5-8-17(12-19)22(26)29-14-16-6-3-2-4-7-16/h2-13,25H,14H2,1H3. The molecule has 4 rings (SSSR count). The minimum Gasteiger partial charge on any atom is -0.457 e. The Kier molecular flexibility index (Phi) is 6.00. The normalized spacial score (nSPS) is 11.4. The van der Waals surface area contributed by atoms with Gasteiger partial charge >= 0.3 is 5.97 Å². The second-order valence-corrected chi connectivity index (χ2v) is 10.3. The molecule has 0 saturated heterocycles. The van der Waals surface area contributed by atoms with Gasteiger partial charge in [-0.15, -0.1) is 11.3 Å². The van der Waals surface area contributed by atoms with Crippen LogP contribution >= 0.6 is 22.9 Å². The minimum atomic E-state index is -3.84. The molecule has 1 aromatic heterocycles. The zero-order valence-corrected chi connectivity index (χ0v) is 18.9. The van der Waals surface area contributed by atoms with E-state index < -0.39 is 16.0 Å². The largest absolute Gasteiger partial charge is 0.457 e. The highest BCUT2D eigenvalue weighted by molar-refractivity contribution is 7.94. The number of esters is 1. The lowest BCUT2D eigenvalue weighted by atomic mass is 10.2. The van der Waals surface area contributed by atoms with Crippen LogP contribution in [-0.4, -0.2) is 14.4 Å². The molecule has 0 amide bonds. The molecule has 1 N–H and O–H groups in total. The molecule has 158 valence electrons. The highest BCUT2D eigenvalue weighted by Crippen LogP contribution is 2.36. The van der Waals surface area contributed by atoms with Crippen molar-refractivity contribution in [1.82, 2.24) is 0 Å². The number of hydrogen-bond donors (Lipinski definition) is 1. The number of sulfonamides is 1. The van der Waals surface area contributed by atoms with Crippen LogP contribution in [0.4, 0.5) is 5.69 Å². The van der Waals surface area contributed by atoms with Gasteiger partial charge in [0.15, 0.2) is 0 Å². The van der Waals surface area contributed by atoms with Crippen LogP contribution in [0, 0.1) is 6.92 Å². The Morgan fingerprint density at radius 3 is 2.58 bits per heavy atom. The first-order valence-electron chi connectivity index (χ1n) is 9.36. The van der Waals surface area contributed by atoms with Crippen molar-refractivity contribution in [2.45, 2.75) is 17.7 Å². The molecule has 3 aromatic carbocycles. The first kappa shape index (κ1) is 21.4. The fraction of sp³-hybridized carbons (Fsp3) is 0.0870. The number of ether oxygens (including phenoxy) is 1. The van der Waals surface area contributed by atoms with Crippen LogP contribution in [0.5, 0.6) is 0 Å². The van der Waals surface area contributed by atoms with E-state index in [4.69, 9.17) is 16.3 Å². The molecular weight excluding hydrogens is 454 g/mol. The average Bonchev–Trinajstić information content (AvgIpc) is 3.09. The number of thiophene rings is 1. The van der Waals surface area contributed by atoms with E-state index in [1.165, 1.54) is 17.4 Å². The van der Waals surface area contributed by atoms with Crippen molar-refractivity contribution >= 4 is 54.7 Å². The van der Waals surface area contributed by atoms with Gasteiger partial charge in [0, 0.05) is 15.4 Å². The summed E-state index contributed by atoms with van der Waals surface area (Å²) in [4.78, 5) is 12.4. The number of nitrogens with one attached hydrogen (secondary N) is 1. The monoisotopic (exact) mass is 471 g/mol. The zero-order chi connectivity index (χ0) is 22.0. The number of carbonyl (C=O) groups is 1. The Balaban J connectivity index is 1.54. The molecule has 0 aliphatic rings. The summed E-state index contributed by atoms with van der Waals surface area (Å²) in [6, 6.07) is 20.9. The number of fused-ring (bicyclic) bond motifs is 1. The van der Waals surface area contributed by atoms with Gasteiger partial charge in [0.1, 0.15) is 10.8 Å². The summed E-state index contributed by atoms with van der Waals surface area (Å²) >= 11 is 7.23. The van der Waals surface area contributed by atoms with E-state index in [0.717, 1.165) is 15.6 Å². The van der Waals surface area contributed by atoms with Gasteiger partial charge in [-0.05, 0) is 59.8 Å². The first-order chi connectivity index (χ1) is 14.8. The van der Waals surface area contributed by atoms with E-state index in [-0.39, 0.29) is 22.1 Å². The topological polar surface area (TPSA) is 72.5 Å². The number of halogens is 1. The highest BCUT2D eigenvalue weighted by atomic mass is 35.5. The van der Waals surface area contributed by atoms with Gasteiger partial charge < -0.3 is 4.74 Å². The van der Waals surface area contributed by atoms with Gasteiger partial charge in [0.25, 0.3) is 10.0 Å². The Bertz CT molecular complexity index is 1370. The quantitative estimate of drug-likeness (QED) is 0.349. The fourth-order valence-electron chi connectivity index (χ4n) is 3.14. The van der Waals surface area contributed by atoms with Crippen molar-refractivity contribution in [3.05, 3.63) is 94.5 Å². The van der Waals surface area contributed by atoms with Crippen LogP contribution in [0.15, 0.2) is 77.0 Å². The number of carbonyl (C=O) groups excluding carboxylic acids is 1. The maximum Gasteiger partial charge on any atom is 0.338 e. The maximum atomic E-state index is 13.0. The smallest absolute Gasteiger partial charge is 0.338 e. The molecule has 4 aromatic rings. The summed E-state index contributed by atoms with van der Waals surface area (Å²) in [5.41, 5.74) is 2.04. The minimum absolute atomic E-state index is 0.138. The number of rotatable bonds is 6. The Morgan fingerprint density at radius 2 is 1.81 bits per heavy atom. The molecule has 0 fully saturated rings. The second-order valence-electron chi connectivity index (χ2n) is 6.90. The predicted octanol–water partition coefficient (Wildman–Crippen LogP) is 6.02. The van der Waals surface area contributed by atoms with E-state index in [2.05, 4.69) is 4.72 Å². The molecular formula is C23H18ClNO4S2. The van der Waals surface area contributed by atoms with Crippen LogP contribution < -0.4 is 4.72 Å². The van der Waals surface area contributed by atoms with Gasteiger partial charge in [0.2, 0.25) is 0 Å². The summed E-state index contributed by atoms with van der Waals surface area (Å²) in [7, 11) is -3.84. The number of benzene rings is 3. The summed E-state index contributed by atoms with van der Waals surface area (Å²) in [5, 5.41) is 1.35. The third-order valence-corrected chi connectivity index (χ3v) is 8.17. The second kappa shape index (κ2) is 8.70. The van der Waals surface area contributed by atoms with Crippen molar-refractivity contribution in [2.75, 3.05) is 4.72 Å². The van der Waals surface area contributed by atoms with Crippen LogP contribution in [0.25, 0.3) is 10.1 Å². The van der Waals surface area contributed by atoms with E-state index in [1.807, 2.05) is 30.3 Å². The summed E-state index contributed by atoms with van der Waals surface area (Å²) in [5.74, 6) is -0.530. The van der Waals surface area contributed by atoms with Gasteiger partial charge in [-0.25, -0.2) is 13.2 Å². The molecule has 0 saturated carbocycles. The third kappa shape index (κ3) is 4.74. The fourth-order valence-corrected chi connectivity index (χ4v) is 6.11. The molecule has 0 aliphatic heterocycles. The van der Waals surface area contributed by atoms with Crippen LogP contribution in [0.3, 0.4) is 0 Å². The molecule has 31 heavy (non-hydrogen) atoms. The zero-order valence-electron chi connectivity index (χ0n) is 16.5. The van der Waals surface area contributed by atoms with E-state index in [9.17, 15) is 13.2 Å². The maximum absolute atomic E-state index is 13.0. The lowest BCUT2D eigenvalue weighted by molar-refractivity contribution is 0.0472. The van der Waals surface area contributed by atoms with Crippen LogP contribution in [0.1, 0.15) is 21.5 Å². The van der Waals surface area contributed by atoms with Gasteiger partial charge in [-0.1, -0.05) is 48.0 Å². The molecule has 0 bridgehead atoms. The van der Waals surface area contributed by atoms with Crippen molar-refractivity contribution in [3.63, 3.8) is 0 Å².